The second kappa shape index (κ2) is 9.80. The summed E-state index contributed by atoms with van der Waals surface area (Å²) in [5, 5.41) is 6.56. The maximum atomic E-state index is 13.3. The van der Waals surface area contributed by atoms with Crippen LogP contribution in [0.25, 0.3) is 0 Å². The number of carbonyl (C=O) groups excluding carboxylic acids is 3. The van der Waals surface area contributed by atoms with Gasteiger partial charge >= 0.3 is 6.03 Å². The number of carbonyl (C=O) groups is 3. The van der Waals surface area contributed by atoms with E-state index in [1.165, 1.54) is 0 Å². The Kier molecular flexibility index (Phi) is 6.80. The van der Waals surface area contributed by atoms with Gasteiger partial charge in [0.25, 0.3) is 5.91 Å². The summed E-state index contributed by atoms with van der Waals surface area (Å²) in [7, 11) is 0. The van der Waals surface area contributed by atoms with Crippen molar-refractivity contribution in [2.75, 3.05) is 16.8 Å². The van der Waals surface area contributed by atoms with E-state index in [9.17, 15) is 14.4 Å². The molecule has 2 N–H and O–H groups in total. The van der Waals surface area contributed by atoms with Gasteiger partial charge in [-0.1, -0.05) is 41.9 Å². The lowest BCUT2D eigenvalue weighted by molar-refractivity contribution is -0.134. The Morgan fingerprint density at radius 1 is 0.971 bits per heavy atom. The number of benzene rings is 3. The summed E-state index contributed by atoms with van der Waals surface area (Å²) in [5.74, 6) is -0.836. The summed E-state index contributed by atoms with van der Waals surface area (Å²) in [5.41, 5.74) is 1.84. The highest BCUT2D eigenvalue weighted by atomic mass is 35.5. The largest absolute Gasteiger partial charge is 0.356 e. The number of urea groups is 1. The fourth-order valence-corrected chi connectivity index (χ4v) is 4.28. The summed E-state index contributed by atoms with van der Waals surface area (Å²) in [6.45, 7) is 5.03. The lowest BCUT2D eigenvalue weighted by Crippen LogP contribution is -2.46. The van der Waals surface area contributed by atoms with E-state index in [4.69, 9.17) is 11.6 Å². The van der Waals surface area contributed by atoms with Gasteiger partial charge in [0.1, 0.15) is 12.1 Å². The van der Waals surface area contributed by atoms with Crippen molar-refractivity contribution in [1.29, 1.82) is 0 Å². The molecule has 1 fully saturated rings. The van der Waals surface area contributed by atoms with E-state index < -0.39 is 17.5 Å². The van der Waals surface area contributed by atoms with Crippen molar-refractivity contribution in [1.82, 2.24) is 10.2 Å². The van der Waals surface area contributed by atoms with Crippen LogP contribution in [0, 0.1) is 0 Å². The fourth-order valence-electron chi connectivity index (χ4n) is 4.15. The summed E-state index contributed by atoms with van der Waals surface area (Å²) in [4.78, 5) is 41.8. The quantitative estimate of drug-likeness (QED) is 0.441. The predicted molar refractivity (Wildman–Crippen MR) is 138 cm³/mol. The smallest absolute Gasteiger partial charge is 0.325 e. The molecule has 1 unspecified atom stereocenters. The van der Waals surface area contributed by atoms with Crippen molar-refractivity contribution in [3.05, 3.63) is 89.4 Å². The van der Waals surface area contributed by atoms with E-state index in [-0.39, 0.29) is 18.5 Å². The number of rotatable bonds is 7. The third-order valence-corrected chi connectivity index (χ3v) is 6.23. The molecule has 180 valence electrons. The van der Waals surface area contributed by atoms with Crippen LogP contribution in [-0.4, -0.2) is 35.3 Å². The van der Waals surface area contributed by atoms with Gasteiger partial charge in [0.05, 0.1) is 0 Å². The van der Waals surface area contributed by atoms with Gasteiger partial charge in [0, 0.05) is 28.1 Å². The molecule has 1 atom stereocenters. The molecule has 35 heavy (non-hydrogen) atoms. The van der Waals surface area contributed by atoms with Gasteiger partial charge in [-0.15, -0.1) is 0 Å². The van der Waals surface area contributed by atoms with Gasteiger partial charge in [-0.25, -0.2) is 4.79 Å². The van der Waals surface area contributed by atoms with Gasteiger partial charge in [-0.3, -0.25) is 14.5 Å². The molecular formula is C27H27ClN4O3. The van der Waals surface area contributed by atoms with Gasteiger partial charge in [-0.05, 0) is 74.9 Å². The minimum absolute atomic E-state index is 0.182. The molecule has 4 amide bonds. The van der Waals surface area contributed by atoms with Crippen LogP contribution in [0.15, 0.2) is 78.9 Å². The van der Waals surface area contributed by atoms with Crippen LogP contribution >= 0.6 is 11.6 Å². The Balaban J connectivity index is 1.50. The van der Waals surface area contributed by atoms with E-state index in [2.05, 4.69) is 10.6 Å². The molecule has 8 heteroatoms. The third kappa shape index (κ3) is 5.00. The van der Waals surface area contributed by atoms with Crippen LogP contribution in [0.4, 0.5) is 21.9 Å². The number of amides is 4. The van der Waals surface area contributed by atoms with E-state index in [1.807, 2.05) is 68.4 Å². The number of halogens is 1. The summed E-state index contributed by atoms with van der Waals surface area (Å²) in [6.07, 6.45) is 0. The van der Waals surface area contributed by atoms with Gasteiger partial charge in [0.2, 0.25) is 5.91 Å². The average molecular weight is 491 g/mol. The summed E-state index contributed by atoms with van der Waals surface area (Å²) in [6, 6.07) is 23.1. The third-order valence-electron chi connectivity index (χ3n) is 5.98. The van der Waals surface area contributed by atoms with E-state index >= 15 is 0 Å². The average Bonchev–Trinajstić information content (AvgIpc) is 3.05. The van der Waals surface area contributed by atoms with Gasteiger partial charge in [-0.2, -0.15) is 0 Å². The number of nitrogens with one attached hydrogen (secondary N) is 2. The molecule has 3 aromatic carbocycles. The molecule has 1 aliphatic rings. The van der Waals surface area contributed by atoms with Crippen LogP contribution in [0.1, 0.15) is 26.3 Å². The Bertz CT molecular complexity index is 1230. The predicted octanol–water partition coefficient (Wildman–Crippen LogP) is 5.29. The van der Waals surface area contributed by atoms with Crippen LogP contribution in [0.5, 0.6) is 0 Å². The lowest BCUT2D eigenvalue weighted by Gasteiger charge is -2.29. The Morgan fingerprint density at radius 2 is 1.57 bits per heavy atom. The van der Waals surface area contributed by atoms with Crippen molar-refractivity contribution in [3.63, 3.8) is 0 Å². The minimum Gasteiger partial charge on any atom is -0.356 e. The second-order valence-electron chi connectivity index (χ2n) is 8.85. The van der Waals surface area contributed by atoms with E-state index in [1.54, 1.807) is 36.1 Å². The molecule has 0 spiro atoms. The highest BCUT2D eigenvalue weighted by Crippen LogP contribution is 2.30. The molecule has 0 saturated carbocycles. The summed E-state index contributed by atoms with van der Waals surface area (Å²) >= 11 is 5.96. The maximum Gasteiger partial charge on any atom is 0.325 e. The molecule has 1 saturated heterocycles. The zero-order chi connectivity index (χ0) is 25.2. The molecule has 3 aromatic rings. The number of anilines is 3. The standard InChI is InChI=1S/C27H27ClN4O3/c1-18(2)32(23-15-13-22(14-16-23)29-21-7-5-4-6-8-21)24(33)17-31-25(34)27(3,30-26(31)35)19-9-11-20(28)12-10-19/h4-16,18,29H,17H2,1-3H3,(H,30,35). The second-order valence-corrected chi connectivity index (χ2v) is 9.29. The molecule has 1 heterocycles. The molecule has 7 nitrogen and oxygen atoms in total. The normalized spacial score (nSPS) is 17.5. The molecule has 0 aliphatic carbocycles. The number of nitrogens with zero attached hydrogens (tertiary/aromatic N) is 2. The Labute approximate surface area is 209 Å². The first-order chi connectivity index (χ1) is 16.7. The van der Waals surface area contributed by atoms with Crippen molar-refractivity contribution in [2.45, 2.75) is 32.4 Å². The number of hydrogen-bond acceptors (Lipinski definition) is 4. The van der Waals surface area contributed by atoms with Gasteiger partial charge in [0.15, 0.2) is 0 Å². The van der Waals surface area contributed by atoms with Crippen molar-refractivity contribution < 1.29 is 14.4 Å². The van der Waals surface area contributed by atoms with Gasteiger partial charge < -0.3 is 15.5 Å². The topological polar surface area (TPSA) is 81.8 Å². The maximum absolute atomic E-state index is 13.3. The first-order valence-corrected chi connectivity index (χ1v) is 11.7. The minimum atomic E-state index is -1.27. The number of para-hydroxylation sites is 1. The van der Waals surface area contributed by atoms with Crippen molar-refractivity contribution in [2.24, 2.45) is 0 Å². The summed E-state index contributed by atoms with van der Waals surface area (Å²) < 4.78 is 0. The van der Waals surface area contributed by atoms with E-state index in [0.29, 0.717) is 16.3 Å². The zero-order valence-electron chi connectivity index (χ0n) is 19.8. The highest BCUT2D eigenvalue weighted by Gasteiger charge is 2.49. The molecule has 1 aliphatic heterocycles. The first-order valence-electron chi connectivity index (χ1n) is 11.3. The SMILES string of the molecule is CC(C)N(C(=O)CN1C(=O)NC(C)(c2ccc(Cl)cc2)C1=O)c1ccc(Nc2ccccc2)cc1. The van der Waals surface area contributed by atoms with Crippen molar-refractivity contribution in [3.8, 4) is 0 Å². The van der Waals surface area contributed by atoms with Crippen LogP contribution in [0.2, 0.25) is 5.02 Å². The van der Waals surface area contributed by atoms with E-state index in [0.717, 1.165) is 16.3 Å². The fraction of sp³-hybridized carbons (Fsp3) is 0.222. The Morgan fingerprint density at radius 3 is 2.17 bits per heavy atom. The first kappa shape index (κ1) is 24.3. The Hall–Kier alpha value is -3.84. The molecule has 4 rings (SSSR count). The lowest BCUT2D eigenvalue weighted by atomic mass is 9.92. The number of imide groups is 1. The molecular weight excluding hydrogens is 464 g/mol. The number of hydrogen-bond donors (Lipinski definition) is 2. The molecule has 0 aromatic heterocycles. The highest BCUT2D eigenvalue weighted by molar-refractivity contribution is 6.30. The monoisotopic (exact) mass is 490 g/mol. The molecule has 0 bridgehead atoms. The zero-order valence-corrected chi connectivity index (χ0v) is 20.5. The van der Waals surface area contributed by atoms with Crippen LogP contribution < -0.4 is 15.5 Å². The van der Waals surface area contributed by atoms with Crippen LogP contribution in [0.3, 0.4) is 0 Å². The van der Waals surface area contributed by atoms with Crippen molar-refractivity contribution >= 4 is 46.5 Å². The van der Waals surface area contributed by atoms with Crippen LogP contribution in [-0.2, 0) is 15.1 Å². The molecule has 0 radical (unpaired) electrons.